The topological polar surface area (TPSA) is 40.5 Å². The Morgan fingerprint density at radius 1 is 0.625 bits per heavy atom. The number of hydrogen-bond acceptors (Lipinski definition) is 2. The molecule has 2 N–H and O–H groups in total. The third kappa shape index (κ3) is 2.72. The molecular weight excluding hydrogens is 392 g/mol. The van der Waals surface area contributed by atoms with Gasteiger partial charge in [0, 0.05) is 0 Å². The summed E-state index contributed by atoms with van der Waals surface area (Å²) in [5, 5.41) is 21.9. The number of aliphatic hydroxyl groups is 2. The minimum atomic E-state index is -0.544. The van der Waals surface area contributed by atoms with Crippen LogP contribution in [0.2, 0.25) is 0 Å². The first kappa shape index (κ1) is 23.7. The molecule has 5 rings (SSSR count). The Morgan fingerprint density at radius 3 is 1.75 bits per heavy atom. The van der Waals surface area contributed by atoms with E-state index in [9.17, 15) is 10.2 Å². The van der Waals surface area contributed by atoms with Gasteiger partial charge in [0.25, 0.3) is 0 Å². The summed E-state index contributed by atoms with van der Waals surface area (Å²) < 4.78 is 0. The van der Waals surface area contributed by atoms with Gasteiger partial charge in [-0.3, -0.25) is 0 Å². The molecule has 0 aliphatic heterocycles. The predicted molar refractivity (Wildman–Crippen MR) is 132 cm³/mol. The Hall–Kier alpha value is -0.0800. The Bertz CT molecular complexity index is 765. The summed E-state index contributed by atoms with van der Waals surface area (Å²) in [4.78, 5) is 0. The van der Waals surface area contributed by atoms with Crippen LogP contribution in [0.3, 0.4) is 0 Å². The molecule has 184 valence electrons. The van der Waals surface area contributed by atoms with Crippen LogP contribution in [0.1, 0.15) is 120 Å². The first-order chi connectivity index (χ1) is 14.6. The molecule has 5 saturated carbocycles. The fourth-order valence-electron chi connectivity index (χ4n) is 12.0. The summed E-state index contributed by atoms with van der Waals surface area (Å²) in [6.07, 6.45) is 12.6. The maximum atomic E-state index is 11.0. The lowest BCUT2D eigenvalue weighted by Crippen LogP contribution is -2.67. The Morgan fingerprint density at radius 2 is 1.16 bits per heavy atom. The second kappa shape index (κ2) is 6.77. The highest BCUT2D eigenvalue weighted by atomic mass is 16.3. The van der Waals surface area contributed by atoms with E-state index in [-0.39, 0.29) is 11.5 Å². The lowest BCUT2D eigenvalue weighted by atomic mass is 9.32. The largest absolute Gasteiger partial charge is 0.393 e. The zero-order valence-electron chi connectivity index (χ0n) is 22.4. The summed E-state index contributed by atoms with van der Waals surface area (Å²) in [6.45, 7) is 19.5. The highest BCUT2D eigenvalue weighted by Gasteiger charge is 2.71. The first-order valence-electron chi connectivity index (χ1n) is 14.0. The van der Waals surface area contributed by atoms with Crippen LogP contribution in [-0.2, 0) is 0 Å². The Kier molecular flexibility index (Phi) is 5.01. The van der Waals surface area contributed by atoms with Crippen molar-refractivity contribution >= 4 is 0 Å². The van der Waals surface area contributed by atoms with E-state index < -0.39 is 5.60 Å². The van der Waals surface area contributed by atoms with E-state index in [4.69, 9.17) is 0 Å². The van der Waals surface area contributed by atoms with Gasteiger partial charge in [-0.1, -0.05) is 41.5 Å². The molecule has 0 amide bonds. The molecule has 10 atom stereocenters. The molecule has 0 unspecified atom stereocenters. The second-order valence-corrected chi connectivity index (χ2v) is 15.4. The fourth-order valence-corrected chi connectivity index (χ4v) is 12.0. The van der Waals surface area contributed by atoms with E-state index in [1.54, 1.807) is 0 Å². The van der Waals surface area contributed by atoms with Gasteiger partial charge in [0.15, 0.2) is 0 Å². The number of aliphatic hydroxyl groups excluding tert-OH is 1. The first-order valence-corrected chi connectivity index (χ1v) is 14.0. The summed E-state index contributed by atoms with van der Waals surface area (Å²) in [5.74, 6) is 3.39. The average Bonchev–Trinajstić information content (AvgIpc) is 3.03. The van der Waals surface area contributed by atoms with Gasteiger partial charge in [0.2, 0.25) is 0 Å². The molecule has 0 radical (unpaired) electrons. The highest BCUT2D eigenvalue weighted by Crippen LogP contribution is 2.78. The summed E-state index contributed by atoms with van der Waals surface area (Å²) in [5.41, 5.74) is 1.07. The summed E-state index contributed by atoms with van der Waals surface area (Å²) >= 11 is 0. The van der Waals surface area contributed by atoms with Crippen molar-refractivity contribution in [3.8, 4) is 0 Å². The average molecular weight is 445 g/mol. The molecule has 32 heavy (non-hydrogen) atoms. The van der Waals surface area contributed by atoms with E-state index in [1.807, 2.05) is 0 Å². The van der Waals surface area contributed by atoms with Gasteiger partial charge in [0.1, 0.15) is 0 Å². The molecule has 0 aromatic heterocycles. The second-order valence-electron chi connectivity index (χ2n) is 15.4. The van der Waals surface area contributed by atoms with Crippen LogP contribution in [0.15, 0.2) is 0 Å². The van der Waals surface area contributed by atoms with Gasteiger partial charge in [0.05, 0.1) is 11.7 Å². The highest BCUT2D eigenvalue weighted by molar-refractivity contribution is 5.19. The van der Waals surface area contributed by atoms with Crippen LogP contribution in [0, 0.1) is 56.7 Å². The van der Waals surface area contributed by atoms with Gasteiger partial charge >= 0.3 is 0 Å². The maximum Gasteiger partial charge on any atom is 0.0622 e. The molecular formula is C30H52O2. The van der Waals surface area contributed by atoms with Crippen molar-refractivity contribution in [1.29, 1.82) is 0 Å². The molecule has 0 heterocycles. The van der Waals surface area contributed by atoms with Gasteiger partial charge < -0.3 is 10.2 Å². The number of hydrogen-bond donors (Lipinski definition) is 2. The van der Waals surface area contributed by atoms with Crippen LogP contribution in [0.4, 0.5) is 0 Å². The van der Waals surface area contributed by atoms with Gasteiger partial charge in [-0.25, -0.2) is 0 Å². The summed E-state index contributed by atoms with van der Waals surface area (Å²) in [7, 11) is 0. The molecule has 0 bridgehead atoms. The van der Waals surface area contributed by atoms with E-state index in [1.165, 1.54) is 57.8 Å². The Balaban J connectivity index is 1.51. The molecule has 0 aromatic rings. The molecule has 0 aromatic carbocycles. The van der Waals surface area contributed by atoms with Crippen molar-refractivity contribution in [2.24, 2.45) is 56.7 Å². The Labute approximate surface area is 198 Å². The molecule has 2 nitrogen and oxygen atoms in total. The zero-order chi connectivity index (χ0) is 23.5. The van der Waals surface area contributed by atoms with Gasteiger partial charge in [-0.05, 0) is 135 Å². The molecule has 5 aliphatic rings. The normalized spacial score (nSPS) is 57.2. The van der Waals surface area contributed by atoms with Crippen molar-refractivity contribution in [2.75, 3.05) is 0 Å². The third-order valence-electron chi connectivity index (χ3n) is 13.8. The smallest absolute Gasteiger partial charge is 0.0622 e. The van der Waals surface area contributed by atoms with Gasteiger partial charge in [-0.15, -0.1) is 0 Å². The van der Waals surface area contributed by atoms with Crippen molar-refractivity contribution < 1.29 is 10.2 Å². The zero-order valence-corrected chi connectivity index (χ0v) is 22.4. The van der Waals surface area contributed by atoms with Crippen LogP contribution in [-0.4, -0.2) is 21.9 Å². The van der Waals surface area contributed by atoms with Crippen molar-refractivity contribution in [3.05, 3.63) is 0 Å². The summed E-state index contributed by atoms with van der Waals surface area (Å²) in [6, 6.07) is 0. The quantitative estimate of drug-likeness (QED) is 0.448. The monoisotopic (exact) mass is 444 g/mol. The molecule has 0 saturated heterocycles. The van der Waals surface area contributed by atoms with Crippen molar-refractivity contribution in [2.45, 2.75) is 131 Å². The SMILES string of the molecule is CC(C)(O)[C@H]1CC[C@]2(C)[C@H]3CC[C@@H]4[C@@]5(C)CC[C@H](O)C(C)(C)[C@@H]5CC[C@@]4(C)[C@]3(C)CC[C@@H]12. The van der Waals surface area contributed by atoms with Crippen LogP contribution in [0.5, 0.6) is 0 Å². The van der Waals surface area contributed by atoms with Crippen LogP contribution < -0.4 is 0 Å². The van der Waals surface area contributed by atoms with Gasteiger partial charge in [-0.2, -0.15) is 0 Å². The van der Waals surface area contributed by atoms with Crippen LogP contribution in [0.25, 0.3) is 0 Å². The molecule has 5 fully saturated rings. The van der Waals surface area contributed by atoms with Crippen molar-refractivity contribution in [3.63, 3.8) is 0 Å². The predicted octanol–water partition coefficient (Wildman–Crippen LogP) is 7.22. The lowest BCUT2D eigenvalue weighted by Gasteiger charge is -2.73. The minimum absolute atomic E-state index is 0.0428. The van der Waals surface area contributed by atoms with E-state index in [0.29, 0.717) is 39.4 Å². The standard InChI is InChI=1S/C30H52O2/c1-25(2)21-13-18-30(8)23(28(21,6)16-14-24(25)31)10-9-22-27(5)15-11-19(26(3,4)32)20(27)12-17-29(22,30)7/h19-24,31-32H,9-18H2,1-8H3/t19-,20-,21-,22+,23+,24-,27-,28-,29+,30+/m0/s1. The van der Waals surface area contributed by atoms with E-state index in [0.717, 1.165) is 18.3 Å². The fraction of sp³-hybridized carbons (Fsp3) is 1.00. The molecule has 2 heteroatoms. The molecule has 0 spiro atoms. The third-order valence-corrected chi connectivity index (χ3v) is 13.8. The molecule has 5 aliphatic carbocycles. The van der Waals surface area contributed by atoms with Crippen molar-refractivity contribution in [1.82, 2.24) is 0 Å². The maximum absolute atomic E-state index is 11.0. The van der Waals surface area contributed by atoms with E-state index in [2.05, 4.69) is 55.4 Å². The minimum Gasteiger partial charge on any atom is -0.393 e. The number of rotatable bonds is 1. The van der Waals surface area contributed by atoms with E-state index >= 15 is 0 Å². The lowest BCUT2D eigenvalue weighted by molar-refractivity contribution is -0.253. The number of fused-ring (bicyclic) bond motifs is 7. The van der Waals surface area contributed by atoms with Crippen LogP contribution >= 0.6 is 0 Å².